The van der Waals surface area contributed by atoms with E-state index in [0.29, 0.717) is 13.1 Å². The number of nitrogens with zero attached hydrogens (tertiary/aromatic N) is 2. The van der Waals surface area contributed by atoms with Crippen molar-refractivity contribution in [2.24, 2.45) is 0 Å². The summed E-state index contributed by atoms with van der Waals surface area (Å²) in [5.41, 5.74) is 3.06. The Bertz CT molecular complexity index is 1120. The van der Waals surface area contributed by atoms with Gasteiger partial charge in [0.05, 0.1) is 6.04 Å². The van der Waals surface area contributed by atoms with Crippen LogP contribution in [0.1, 0.15) is 61.8 Å². The van der Waals surface area contributed by atoms with Crippen LogP contribution >= 0.6 is 12.2 Å². The van der Waals surface area contributed by atoms with E-state index in [1.165, 1.54) is 25.3 Å². The molecule has 0 spiro atoms. The van der Waals surface area contributed by atoms with Crippen molar-refractivity contribution < 1.29 is 9.90 Å². The Hall–Kier alpha value is -2.67. The van der Waals surface area contributed by atoms with Crippen LogP contribution in [-0.4, -0.2) is 32.0 Å². The van der Waals surface area contributed by atoms with Crippen molar-refractivity contribution in [3.05, 3.63) is 67.7 Å². The van der Waals surface area contributed by atoms with Gasteiger partial charge in [0.2, 0.25) is 11.8 Å². The molecule has 2 N–H and O–H groups in total. The predicted octanol–water partition coefficient (Wildman–Crippen LogP) is 4.00. The highest BCUT2D eigenvalue weighted by molar-refractivity contribution is 7.71. The van der Waals surface area contributed by atoms with Gasteiger partial charge >= 0.3 is 0 Å². The molecule has 0 saturated carbocycles. The monoisotopic (exact) mass is 425 g/mol. The zero-order valence-electron chi connectivity index (χ0n) is 17.2. The Morgan fingerprint density at radius 3 is 2.80 bits per heavy atom. The van der Waals surface area contributed by atoms with Crippen molar-refractivity contribution >= 4 is 18.1 Å². The molecule has 1 aliphatic carbocycles. The first-order valence-electron chi connectivity index (χ1n) is 10.6. The van der Waals surface area contributed by atoms with E-state index in [-0.39, 0.29) is 22.1 Å². The number of H-pyrrole nitrogens is 1. The maximum absolute atomic E-state index is 13.0. The molecule has 0 fully saturated rings. The molecule has 1 atom stereocenters. The van der Waals surface area contributed by atoms with E-state index < -0.39 is 11.6 Å². The standard InChI is InChI=1S/C23H27N3O3S/c1-15(27)25-14-12-17-9-5-6-10-18(17)20(25)19-21(28)24-23(30)26(22(19)29)13-11-16-7-3-2-4-8-16/h5-7,9-10,20,29H,2-4,8,11-14H2,1H3,(H,24,28,30)/t20-/m1/s1. The number of carbonyl (C=O) groups is 1. The lowest BCUT2D eigenvalue weighted by molar-refractivity contribution is -0.130. The van der Waals surface area contributed by atoms with Gasteiger partial charge in [-0.3, -0.25) is 19.1 Å². The van der Waals surface area contributed by atoms with Gasteiger partial charge < -0.3 is 10.0 Å². The van der Waals surface area contributed by atoms with Gasteiger partial charge in [-0.15, -0.1) is 0 Å². The number of hydrogen-bond donors (Lipinski definition) is 2. The molecule has 0 unspecified atom stereocenters. The topological polar surface area (TPSA) is 78.3 Å². The quantitative estimate of drug-likeness (QED) is 0.573. The summed E-state index contributed by atoms with van der Waals surface area (Å²) in [4.78, 5) is 29.7. The maximum Gasteiger partial charge on any atom is 0.261 e. The second kappa shape index (κ2) is 8.60. The average Bonchev–Trinajstić information content (AvgIpc) is 2.74. The number of allylic oxidation sites excluding steroid dienone is 2. The fraction of sp³-hybridized carbons (Fsp3) is 0.435. The van der Waals surface area contributed by atoms with E-state index >= 15 is 0 Å². The number of carbonyl (C=O) groups excluding carboxylic acids is 1. The minimum absolute atomic E-state index is 0.130. The molecule has 7 heteroatoms. The van der Waals surface area contributed by atoms with E-state index in [1.807, 2.05) is 24.3 Å². The number of rotatable bonds is 4. The summed E-state index contributed by atoms with van der Waals surface area (Å²) in [6.07, 6.45) is 8.34. The number of nitrogens with one attached hydrogen (secondary N) is 1. The largest absolute Gasteiger partial charge is 0.494 e. The number of hydrogen-bond acceptors (Lipinski definition) is 4. The Kier molecular flexibility index (Phi) is 5.90. The van der Waals surface area contributed by atoms with Crippen molar-refractivity contribution in [1.82, 2.24) is 14.5 Å². The maximum atomic E-state index is 13.0. The number of fused-ring (bicyclic) bond motifs is 1. The number of aromatic hydroxyl groups is 1. The van der Waals surface area contributed by atoms with Crippen LogP contribution in [0.3, 0.4) is 0 Å². The second-order valence-corrected chi connectivity index (χ2v) is 8.46. The van der Waals surface area contributed by atoms with Gasteiger partial charge in [0.15, 0.2) is 4.77 Å². The molecule has 0 saturated heterocycles. The van der Waals surface area contributed by atoms with E-state index in [1.54, 1.807) is 9.47 Å². The van der Waals surface area contributed by atoms with E-state index in [9.17, 15) is 14.7 Å². The average molecular weight is 426 g/mol. The third kappa shape index (κ3) is 3.86. The molecular formula is C23H27N3O3S. The number of aromatic amines is 1. The first kappa shape index (κ1) is 20.6. The van der Waals surface area contributed by atoms with Crippen LogP contribution < -0.4 is 5.56 Å². The van der Waals surface area contributed by atoms with Gasteiger partial charge in [-0.1, -0.05) is 35.9 Å². The van der Waals surface area contributed by atoms with Gasteiger partial charge in [0.1, 0.15) is 5.56 Å². The molecule has 1 amide bonds. The van der Waals surface area contributed by atoms with Crippen molar-refractivity contribution in [3.8, 4) is 5.88 Å². The summed E-state index contributed by atoms with van der Waals surface area (Å²) in [5, 5.41) is 11.2. The predicted molar refractivity (Wildman–Crippen MR) is 118 cm³/mol. The van der Waals surface area contributed by atoms with Crippen LogP contribution in [0.15, 0.2) is 40.7 Å². The summed E-state index contributed by atoms with van der Waals surface area (Å²) in [5.74, 6) is -0.275. The van der Waals surface area contributed by atoms with Crippen LogP contribution in [0.25, 0.3) is 0 Å². The van der Waals surface area contributed by atoms with Crippen LogP contribution in [0.5, 0.6) is 5.88 Å². The van der Waals surface area contributed by atoms with E-state index in [0.717, 1.165) is 36.8 Å². The molecule has 1 aliphatic heterocycles. The first-order chi connectivity index (χ1) is 14.5. The zero-order chi connectivity index (χ0) is 21.3. The minimum Gasteiger partial charge on any atom is -0.494 e. The zero-order valence-corrected chi connectivity index (χ0v) is 18.0. The molecule has 158 valence electrons. The molecule has 0 radical (unpaired) electrons. The number of amides is 1. The summed E-state index contributed by atoms with van der Waals surface area (Å²) in [6, 6.07) is 7.15. The van der Waals surface area contributed by atoms with Gasteiger partial charge in [-0.2, -0.15) is 0 Å². The highest BCUT2D eigenvalue weighted by Gasteiger charge is 2.35. The van der Waals surface area contributed by atoms with Crippen LogP contribution in [0.4, 0.5) is 0 Å². The minimum atomic E-state index is -0.632. The molecule has 1 aromatic heterocycles. The first-order valence-corrected chi connectivity index (χ1v) is 11.0. The normalized spacial score (nSPS) is 18.6. The second-order valence-electron chi connectivity index (χ2n) is 8.07. The Balaban J connectivity index is 1.79. The smallest absolute Gasteiger partial charge is 0.261 e. The Labute approximate surface area is 180 Å². The Morgan fingerprint density at radius 2 is 2.07 bits per heavy atom. The van der Waals surface area contributed by atoms with Crippen molar-refractivity contribution in [2.75, 3.05) is 6.54 Å². The van der Waals surface area contributed by atoms with Crippen molar-refractivity contribution in [1.29, 1.82) is 0 Å². The number of benzene rings is 1. The van der Waals surface area contributed by atoms with Crippen LogP contribution in [0.2, 0.25) is 0 Å². The lowest BCUT2D eigenvalue weighted by atomic mass is 9.88. The third-order valence-corrected chi connectivity index (χ3v) is 6.53. The fourth-order valence-corrected chi connectivity index (χ4v) is 4.90. The van der Waals surface area contributed by atoms with Gasteiger partial charge in [-0.25, -0.2) is 0 Å². The molecule has 0 bridgehead atoms. The molecule has 2 aromatic rings. The third-order valence-electron chi connectivity index (χ3n) is 6.21. The molecule has 6 nitrogen and oxygen atoms in total. The summed E-state index contributed by atoms with van der Waals surface area (Å²) in [7, 11) is 0. The summed E-state index contributed by atoms with van der Waals surface area (Å²) in [6.45, 7) is 2.49. The molecule has 30 heavy (non-hydrogen) atoms. The highest BCUT2D eigenvalue weighted by Crippen LogP contribution is 2.37. The molecule has 2 aliphatic rings. The lowest BCUT2D eigenvalue weighted by Gasteiger charge is -2.37. The Morgan fingerprint density at radius 1 is 1.27 bits per heavy atom. The lowest BCUT2D eigenvalue weighted by Crippen LogP contribution is -2.41. The van der Waals surface area contributed by atoms with Gasteiger partial charge in [0, 0.05) is 20.0 Å². The van der Waals surface area contributed by atoms with Crippen LogP contribution in [0, 0.1) is 4.77 Å². The molecule has 2 heterocycles. The van der Waals surface area contributed by atoms with Crippen LogP contribution in [-0.2, 0) is 17.8 Å². The highest BCUT2D eigenvalue weighted by atomic mass is 32.1. The van der Waals surface area contributed by atoms with Gasteiger partial charge in [0.25, 0.3) is 5.56 Å². The van der Waals surface area contributed by atoms with E-state index in [2.05, 4.69) is 11.1 Å². The van der Waals surface area contributed by atoms with Crippen molar-refractivity contribution in [2.45, 2.75) is 58.0 Å². The summed E-state index contributed by atoms with van der Waals surface area (Å²) >= 11 is 5.36. The van der Waals surface area contributed by atoms with Crippen molar-refractivity contribution in [3.63, 3.8) is 0 Å². The van der Waals surface area contributed by atoms with E-state index in [4.69, 9.17) is 12.2 Å². The summed E-state index contributed by atoms with van der Waals surface area (Å²) < 4.78 is 1.80. The molecular weight excluding hydrogens is 398 g/mol. The fourth-order valence-electron chi connectivity index (χ4n) is 4.63. The number of aromatic nitrogens is 2. The molecule has 1 aromatic carbocycles. The molecule has 4 rings (SSSR count). The van der Waals surface area contributed by atoms with Gasteiger partial charge in [-0.05, 0) is 61.9 Å². The SMILES string of the molecule is CC(=O)N1CCc2ccccc2[C@@H]1c1c(O)n(CCC2=CCCCC2)c(=S)[nH]c1=O.